The molecule has 1 rings (SSSR count). The molecule has 19 heavy (non-hydrogen) atoms. The van der Waals surface area contributed by atoms with Gasteiger partial charge in [-0.3, -0.25) is 4.79 Å². The summed E-state index contributed by atoms with van der Waals surface area (Å²) in [6.07, 6.45) is 0.541. The molecular weight excluding hydrogens is 266 g/mol. The van der Waals surface area contributed by atoms with Crippen molar-refractivity contribution >= 4 is 23.5 Å². The Hall–Kier alpha value is -1.55. The zero-order valence-electron chi connectivity index (χ0n) is 11.0. The summed E-state index contributed by atoms with van der Waals surface area (Å²) in [5, 5.41) is 12.1. The molecule has 0 bridgehead atoms. The molecule has 4 nitrogen and oxygen atoms in total. The maximum atomic E-state index is 11.8. The first-order valence-electron chi connectivity index (χ1n) is 6.15. The number of aliphatic carboxylic acids is 1. The third-order valence-corrected chi connectivity index (χ3v) is 2.83. The predicted octanol–water partition coefficient (Wildman–Crippen LogP) is 2.50. The van der Waals surface area contributed by atoms with Gasteiger partial charge in [-0.15, -0.1) is 0 Å². The Balaban J connectivity index is 2.60. The molecule has 0 aliphatic carbocycles. The van der Waals surface area contributed by atoms with E-state index in [1.165, 1.54) is 0 Å². The van der Waals surface area contributed by atoms with E-state index in [-0.39, 0.29) is 18.2 Å². The quantitative estimate of drug-likeness (QED) is 0.843. The van der Waals surface area contributed by atoms with E-state index in [1.807, 2.05) is 13.8 Å². The van der Waals surface area contributed by atoms with Crippen LogP contribution in [0.5, 0.6) is 0 Å². The molecule has 0 spiro atoms. The van der Waals surface area contributed by atoms with Crippen LogP contribution in [0.2, 0.25) is 5.02 Å². The zero-order chi connectivity index (χ0) is 14.4. The van der Waals surface area contributed by atoms with Crippen LogP contribution in [0.3, 0.4) is 0 Å². The fourth-order valence-corrected chi connectivity index (χ4v) is 1.98. The molecule has 2 N–H and O–H groups in total. The number of benzene rings is 1. The Bertz CT molecular complexity index is 460. The second-order valence-corrected chi connectivity index (χ2v) is 5.33. The van der Waals surface area contributed by atoms with E-state index in [0.29, 0.717) is 11.4 Å². The second-order valence-electron chi connectivity index (χ2n) is 4.89. The first-order chi connectivity index (χ1) is 8.88. The van der Waals surface area contributed by atoms with Gasteiger partial charge in [0.25, 0.3) is 0 Å². The van der Waals surface area contributed by atoms with E-state index in [0.717, 1.165) is 5.56 Å². The van der Waals surface area contributed by atoms with Crippen LogP contribution in [0.25, 0.3) is 0 Å². The van der Waals surface area contributed by atoms with Crippen molar-refractivity contribution in [2.45, 2.75) is 32.7 Å². The van der Waals surface area contributed by atoms with Gasteiger partial charge in [-0.05, 0) is 30.0 Å². The van der Waals surface area contributed by atoms with Crippen molar-refractivity contribution in [3.63, 3.8) is 0 Å². The van der Waals surface area contributed by atoms with Crippen LogP contribution in [0.4, 0.5) is 0 Å². The van der Waals surface area contributed by atoms with Gasteiger partial charge < -0.3 is 10.4 Å². The van der Waals surface area contributed by atoms with Crippen LogP contribution in [-0.4, -0.2) is 23.0 Å². The molecule has 1 aromatic rings. The fraction of sp³-hybridized carbons (Fsp3) is 0.429. The van der Waals surface area contributed by atoms with E-state index < -0.39 is 12.0 Å². The summed E-state index contributed by atoms with van der Waals surface area (Å²) < 4.78 is 0. The monoisotopic (exact) mass is 283 g/mol. The Kier molecular flexibility index (Phi) is 5.83. The van der Waals surface area contributed by atoms with Gasteiger partial charge in [0.15, 0.2) is 0 Å². The third kappa shape index (κ3) is 5.75. The van der Waals surface area contributed by atoms with Gasteiger partial charge >= 0.3 is 5.97 Å². The highest BCUT2D eigenvalue weighted by molar-refractivity contribution is 6.30. The van der Waals surface area contributed by atoms with Gasteiger partial charge in [-0.1, -0.05) is 37.6 Å². The summed E-state index contributed by atoms with van der Waals surface area (Å²) in [5.74, 6) is -1.11. The number of rotatable bonds is 6. The Morgan fingerprint density at radius 2 is 2.05 bits per heavy atom. The summed E-state index contributed by atoms with van der Waals surface area (Å²) >= 11 is 5.83. The van der Waals surface area contributed by atoms with Crippen molar-refractivity contribution in [3.8, 4) is 0 Å². The minimum atomic E-state index is -1.01. The number of hydrogen-bond donors (Lipinski definition) is 2. The van der Waals surface area contributed by atoms with Crippen molar-refractivity contribution in [2.24, 2.45) is 5.92 Å². The highest BCUT2D eigenvalue weighted by atomic mass is 35.5. The van der Waals surface area contributed by atoms with Gasteiger partial charge in [0.2, 0.25) is 5.91 Å². The van der Waals surface area contributed by atoms with E-state index in [4.69, 9.17) is 16.7 Å². The molecule has 0 fully saturated rings. The van der Waals surface area contributed by atoms with Crippen molar-refractivity contribution in [3.05, 3.63) is 34.9 Å². The topological polar surface area (TPSA) is 66.4 Å². The van der Waals surface area contributed by atoms with Crippen LogP contribution in [-0.2, 0) is 16.0 Å². The Morgan fingerprint density at radius 3 is 2.58 bits per heavy atom. The minimum Gasteiger partial charge on any atom is -0.480 e. The summed E-state index contributed by atoms with van der Waals surface area (Å²) in [6, 6.07) is 6.12. The molecule has 0 aromatic heterocycles. The van der Waals surface area contributed by atoms with Gasteiger partial charge in [0.05, 0.1) is 6.42 Å². The van der Waals surface area contributed by atoms with Crippen molar-refractivity contribution in [1.29, 1.82) is 0 Å². The molecular formula is C14H18ClNO3. The largest absolute Gasteiger partial charge is 0.480 e. The lowest BCUT2D eigenvalue weighted by atomic mass is 10.0. The van der Waals surface area contributed by atoms with Crippen molar-refractivity contribution < 1.29 is 14.7 Å². The second kappa shape index (κ2) is 7.14. The highest BCUT2D eigenvalue weighted by Crippen LogP contribution is 2.11. The summed E-state index contributed by atoms with van der Waals surface area (Å²) in [4.78, 5) is 22.8. The maximum Gasteiger partial charge on any atom is 0.326 e. The lowest BCUT2D eigenvalue weighted by molar-refractivity contribution is -0.142. The summed E-state index contributed by atoms with van der Waals surface area (Å²) in [6.45, 7) is 3.83. The van der Waals surface area contributed by atoms with E-state index in [2.05, 4.69) is 5.32 Å². The molecule has 104 valence electrons. The number of carbonyl (C=O) groups excluding carboxylic acids is 1. The third-order valence-electron chi connectivity index (χ3n) is 2.59. The molecule has 0 radical (unpaired) electrons. The zero-order valence-corrected chi connectivity index (χ0v) is 11.8. The molecule has 1 atom stereocenters. The van der Waals surface area contributed by atoms with E-state index >= 15 is 0 Å². The molecule has 1 unspecified atom stereocenters. The highest BCUT2D eigenvalue weighted by Gasteiger charge is 2.20. The molecule has 1 aromatic carbocycles. The molecule has 0 saturated carbocycles. The number of carboxylic acid groups (broad SMARTS) is 1. The fourth-order valence-electron chi connectivity index (χ4n) is 1.77. The lowest BCUT2D eigenvalue weighted by Crippen LogP contribution is -2.42. The molecule has 5 heteroatoms. The van der Waals surface area contributed by atoms with Crippen molar-refractivity contribution in [2.75, 3.05) is 0 Å². The first kappa shape index (κ1) is 15.5. The van der Waals surface area contributed by atoms with E-state index in [1.54, 1.807) is 24.3 Å². The first-order valence-corrected chi connectivity index (χ1v) is 6.53. The number of carbonyl (C=O) groups is 2. The van der Waals surface area contributed by atoms with Gasteiger partial charge in [0, 0.05) is 5.02 Å². The summed E-state index contributed by atoms with van der Waals surface area (Å²) in [5.41, 5.74) is 0.763. The number of halogens is 1. The van der Waals surface area contributed by atoms with Gasteiger partial charge in [0.1, 0.15) is 6.04 Å². The van der Waals surface area contributed by atoms with Crippen LogP contribution >= 0.6 is 11.6 Å². The number of hydrogen-bond acceptors (Lipinski definition) is 2. The van der Waals surface area contributed by atoms with Gasteiger partial charge in [-0.2, -0.15) is 0 Å². The number of nitrogens with one attached hydrogen (secondary N) is 1. The van der Waals surface area contributed by atoms with E-state index in [9.17, 15) is 9.59 Å². The standard InChI is InChI=1S/C14H18ClNO3/c1-9(2)6-12(14(18)19)16-13(17)8-10-4-3-5-11(15)7-10/h3-5,7,9,12H,6,8H2,1-2H3,(H,16,17)(H,18,19). The predicted molar refractivity (Wildman–Crippen MR) is 74.2 cm³/mol. The lowest BCUT2D eigenvalue weighted by Gasteiger charge is -2.16. The normalized spacial score (nSPS) is 12.2. The Labute approximate surface area is 117 Å². The van der Waals surface area contributed by atoms with Crippen LogP contribution in [0, 0.1) is 5.92 Å². The smallest absolute Gasteiger partial charge is 0.326 e. The molecule has 0 aliphatic heterocycles. The van der Waals surface area contributed by atoms with Crippen LogP contribution < -0.4 is 5.32 Å². The number of carboxylic acids is 1. The SMILES string of the molecule is CC(C)CC(NC(=O)Cc1cccc(Cl)c1)C(=O)O. The average molecular weight is 284 g/mol. The maximum absolute atomic E-state index is 11.8. The molecule has 0 heterocycles. The van der Waals surface area contributed by atoms with Crippen LogP contribution in [0.15, 0.2) is 24.3 Å². The van der Waals surface area contributed by atoms with Crippen molar-refractivity contribution in [1.82, 2.24) is 5.32 Å². The van der Waals surface area contributed by atoms with Crippen LogP contribution in [0.1, 0.15) is 25.8 Å². The molecule has 1 amide bonds. The average Bonchev–Trinajstić information content (AvgIpc) is 2.27. The molecule has 0 saturated heterocycles. The number of amides is 1. The Morgan fingerprint density at radius 1 is 1.37 bits per heavy atom. The summed E-state index contributed by atoms with van der Waals surface area (Å²) in [7, 11) is 0. The molecule has 0 aliphatic rings. The van der Waals surface area contributed by atoms with Gasteiger partial charge in [-0.25, -0.2) is 4.79 Å². The minimum absolute atomic E-state index is 0.127.